The van der Waals surface area contributed by atoms with Gasteiger partial charge in [0, 0.05) is 44.9 Å². The van der Waals surface area contributed by atoms with Gasteiger partial charge in [0.1, 0.15) is 11.6 Å². The van der Waals surface area contributed by atoms with Crippen LogP contribution in [-0.2, 0) is 33.2 Å². The van der Waals surface area contributed by atoms with Gasteiger partial charge in [0.15, 0.2) is 0 Å². The van der Waals surface area contributed by atoms with Gasteiger partial charge >= 0.3 is 0 Å². The number of benzene rings is 1. The zero-order valence-electron chi connectivity index (χ0n) is 15.8. The van der Waals surface area contributed by atoms with Crippen LogP contribution in [0.3, 0.4) is 0 Å². The number of aromatic amines is 1. The second kappa shape index (κ2) is 7.75. The fourth-order valence-electron chi connectivity index (χ4n) is 3.40. The minimum Gasteiger partial charge on any atom is -0.348 e. The predicted molar refractivity (Wildman–Crippen MR) is 105 cm³/mol. The molecule has 1 aromatic carbocycles. The first kappa shape index (κ1) is 17.5. The molecule has 0 aliphatic heterocycles. The van der Waals surface area contributed by atoms with E-state index in [9.17, 15) is 0 Å². The number of aromatic nitrogens is 6. The maximum atomic E-state index is 4.58. The minimum atomic E-state index is 0.738. The van der Waals surface area contributed by atoms with Crippen LogP contribution < -0.4 is 0 Å². The Bertz CT molecular complexity index is 997. The molecule has 0 fully saturated rings. The first-order valence-corrected chi connectivity index (χ1v) is 9.33. The molecule has 0 saturated heterocycles. The molecule has 4 aromatic rings. The number of H-pyrrole nitrogens is 1. The Morgan fingerprint density at radius 2 is 2.00 bits per heavy atom. The molecule has 0 atom stereocenters. The van der Waals surface area contributed by atoms with Crippen molar-refractivity contribution in [3.63, 3.8) is 0 Å². The Morgan fingerprint density at radius 3 is 2.74 bits per heavy atom. The Balaban J connectivity index is 1.56. The summed E-state index contributed by atoms with van der Waals surface area (Å²) in [5.74, 6) is 1.99. The zero-order valence-corrected chi connectivity index (χ0v) is 15.8. The van der Waals surface area contributed by atoms with Crippen LogP contribution in [0.5, 0.6) is 0 Å². The van der Waals surface area contributed by atoms with Crippen molar-refractivity contribution in [3.8, 4) is 0 Å². The van der Waals surface area contributed by atoms with E-state index in [1.807, 2.05) is 32.0 Å². The summed E-state index contributed by atoms with van der Waals surface area (Å²) < 4.78 is 4.28. The fourth-order valence-corrected chi connectivity index (χ4v) is 3.40. The Labute approximate surface area is 158 Å². The molecule has 0 radical (unpaired) electrons. The van der Waals surface area contributed by atoms with Gasteiger partial charge in [0.25, 0.3) is 0 Å². The number of hydrogen-bond donors (Lipinski definition) is 1. The van der Waals surface area contributed by atoms with Crippen LogP contribution in [0.4, 0.5) is 0 Å². The highest BCUT2D eigenvalue weighted by Gasteiger charge is 2.13. The summed E-state index contributed by atoms with van der Waals surface area (Å²) in [6.45, 7) is 5.49. The average Bonchev–Trinajstić information content (AvgIpc) is 3.39. The summed E-state index contributed by atoms with van der Waals surface area (Å²) in [5.41, 5.74) is 3.49. The molecule has 7 nitrogen and oxygen atoms in total. The van der Waals surface area contributed by atoms with E-state index in [2.05, 4.69) is 59.1 Å². The molecule has 0 aliphatic carbocycles. The topological polar surface area (TPSA) is 67.6 Å². The van der Waals surface area contributed by atoms with Gasteiger partial charge in [-0.3, -0.25) is 4.90 Å². The molecule has 3 aromatic heterocycles. The van der Waals surface area contributed by atoms with Crippen LogP contribution in [0.2, 0.25) is 0 Å². The number of rotatable bonds is 8. The van der Waals surface area contributed by atoms with E-state index in [-0.39, 0.29) is 0 Å². The lowest BCUT2D eigenvalue weighted by Crippen LogP contribution is -2.24. The largest absolute Gasteiger partial charge is 0.348 e. The summed E-state index contributed by atoms with van der Waals surface area (Å²) in [6.07, 6.45) is 10.5. The average molecular weight is 363 g/mol. The van der Waals surface area contributed by atoms with Crippen LogP contribution in [0.1, 0.15) is 30.6 Å². The van der Waals surface area contributed by atoms with Crippen LogP contribution in [0, 0.1) is 0 Å². The van der Waals surface area contributed by atoms with Crippen LogP contribution in [-0.4, -0.2) is 34.0 Å². The standard InChI is InChI=1S/C20H25N7/c1-3-9-27-15-24-17-11-16(4-5-18(17)27)12-26(13-19-21-6-7-22-19)14-20-23-8-10-25(20)2/h4-8,10-11,15H,3,9,12-14H2,1-2H3,(H,21,22). The van der Waals surface area contributed by atoms with Crippen molar-refractivity contribution < 1.29 is 0 Å². The molecule has 0 unspecified atom stereocenters. The molecule has 0 spiro atoms. The van der Waals surface area contributed by atoms with Gasteiger partial charge in [-0.25, -0.2) is 15.0 Å². The Kier molecular flexibility index (Phi) is 5.02. The fraction of sp³-hybridized carbons (Fsp3) is 0.350. The third-order valence-corrected chi connectivity index (χ3v) is 4.77. The summed E-state index contributed by atoms with van der Waals surface area (Å²) in [5, 5.41) is 0. The molecule has 0 bridgehead atoms. The second-order valence-corrected chi connectivity index (χ2v) is 6.90. The van der Waals surface area contributed by atoms with Crippen LogP contribution >= 0.6 is 0 Å². The van der Waals surface area contributed by atoms with Gasteiger partial charge in [-0.05, 0) is 24.1 Å². The summed E-state index contributed by atoms with van der Waals surface area (Å²) in [6, 6.07) is 6.57. The number of nitrogens with one attached hydrogen (secondary N) is 1. The lowest BCUT2D eigenvalue weighted by atomic mass is 10.2. The third-order valence-electron chi connectivity index (χ3n) is 4.77. The molecule has 0 aliphatic rings. The number of nitrogens with zero attached hydrogens (tertiary/aromatic N) is 6. The summed E-state index contributed by atoms with van der Waals surface area (Å²) >= 11 is 0. The molecule has 140 valence electrons. The molecule has 4 rings (SSSR count). The lowest BCUT2D eigenvalue weighted by Gasteiger charge is -2.21. The molecule has 0 amide bonds. The zero-order chi connectivity index (χ0) is 18.6. The first-order chi connectivity index (χ1) is 13.2. The van der Waals surface area contributed by atoms with Gasteiger partial charge in [-0.1, -0.05) is 13.0 Å². The van der Waals surface area contributed by atoms with Crippen molar-refractivity contribution in [1.29, 1.82) is 0 Å². The van der Waals surface area contributed by atoms with Crippen LogP contribution in [0.15, 0.2) is 49.3 Å². The maximum Gasteiger partial charge on any atom is 0.122 e. The van der Waals surface area contributed by atoms with Crippen molar-refractivity contribution in [3.05, 3.63) is 66.5 Å². The molecule has 1 N–H and O–H groups in total. The normalized spacial score (nSPS) is 11.7. The summed E-state index contributed by atoms with van der Waals surface area (Å²) in [4.78, 5) is 19.0. The lowest BCUT2D eigenvalue weighted by molar-refractivity contribution is 0.233. The highest BCUT2D eigenvalue weighted by molar-refractivity contribution is 5.76. The smallest absolute Gasteiger partial charge is 0.122 e. The number of hydrogen-bond acceptors (Lipinski definition) is 4. The van der Waals surface area contributed by atoms with E-state index in [1.165, 1.54) is 11.1 Å². The Morgan fingerprint density at radius 1 is 1.07 bits per heavy atom. The Hall–Kier alpha value is -2.93. The van der Waals surface area contributed by atoms with E-state index in [1.54, 1.807) is 6.20 Å². The van der Waals surface area contributed by atoms with Crippen molar-refractivity contribution in [1.82, 2.24) is 34.0 Å². The van der Waals surface area contributed by atoms with Crippen molar-refractivity contribution in [2.75, 3.05) is 0 Å². The van der Waals surface area contributed by atoms with Crippen molar-refractivity contribution in [2.24, 2.45) is 7.05 Å². The van der Waals surface area contributed by atoms with E-state index in [0.29, 0.717) is 0 Å². The van der Waals surface area contributed by atoms with Gasteiger partial charge in [-0.15, -0.1) is 0 Å². The summed E-state index contributed by atoms with van der Waals surface area (Å²) in [7, 11) is 2.03. The first-order valence-electron chi connectivity index (χ1n) is 9.33. The minimum absolute atomic E-state index is 0.738. The molecule has 7 heteroatoms. The highest BCUT2D eigenvalue weighted by Crippen LogP contribution is 2.18. The van der Waals surface area contributed by atoms with E-state index in [0.717, 1.165) is 49.8 Å². The van der Waals surface area contributed by atoms with Crippen LogP contribution in [0.25, 0.3) is 11.0 Å². The molecule has 0 saturated carbocycles. The molecule has 27 heavy (non-hydrogen) atoms. The van der Waals surface area contributed by atoms with Gasteiger partial charge < -0.3 is 14.1 Å². The molecular weight excluding hydrogens is 338 g/mol. The molecular formula is C20H25N7. The highest BCUT2D eigenvalue weighted by atomic mass is 15.2. The monoisotopic (exact) mass is 363 g/mol. The predicted octanol–water partition coefficient (Wildman–Crippen LogP) is 3.11. The van der Waals surface area contributed by atoms with Gasteiger partial charge in [0.2, 0.25) is 0 Å². The number of fused-ring (bicyclic) bond motifs is 1. The second-order valence-electron chi connectivity index (χ2n) is 6.90. The van der Waals surface area contributed by atoms with Crippen molar-refractivity contribution >= 4 is 11.0 Å². The SMILES string of the molecule is CCCn1cnc2cc(CN(Cc3ncc[nH]3)Cc3nccn3C)ccc21. The quantitative estimate of drug-likeness (QED) is 0.522. The van der Waals surface area contributed by atoms with Gasteiger partial charge in [0.05, 0.1) is 30.5 Å². The molecule has 3 heterocycles. The maximum absolute atomic E-state index is 4.58. The third kappa shape index (κ3) is 3.93. The number of aryl methyl sites for hydroxylation is 2. The number of imidazole rings is 3. The van der Waals surface area contributed by atoms with E-state index in [4.69, 9.17) is 0 Å². The van der Waals surface area contributed by atoms with Crippen molar-refractivity contribution in [2.45, 2.75) is 39.5 Å². The van der Waals surface area contributed by atoms with E-state index >= 15 is 0 Å². The van der Waals surface area contributed by atoms with E-state index < -0.39 is 0 Å². The van der Waals surface area contributed by atoms with Gasteiger partial charge in [-0.2, -0.15) is 0 Å².